The largest absolute Gasteiger partial charge is 0.494 e. The van der Waals surface area contributed by atoms with Crippen LogP contribution in [0.15, 0.2) is 53.5 Å². The van der Waals surface area contributed by atoms with E-state index in [1.807, 2.05) is 6.92 Å². The summed E-state index contributed by atoms with van der Waals surface area (Å²) in [7, 11) is 0. The van der Waals surface area contributed by atoms with Crippen LogP contribution in [0.3, 0.4) is 0 Å². The summed E-state index contributed by atoms with van der Waals surface area (Å²) in [5.41, 5.74) is 11.6. The van der Waals surface area contributed by atoms with E-state index in [0.29, 0.717) is 23.7 Å². The third-order valence-corrected chi connectivity index (χ3v) is 4.24. The number of anilines is 1. The van der Waals surface area contributed by atoms with Crippen LogP contribution in [0.2, 0.25) is 0 Å². The molecule has 12 heteroatoms. The maximum Gasteiger partial charge on any atom is 0.305 e. The van der Waals surface area contributed by atoms with Gasteiger partial charge in [-0.25, -0.2) is 4.99 Å². The van der Waals surface area contributed by atoms with Crippen molar-refractivity contribution in [3.05, 3.63) is 54.1 Å². The highest BCUT2D eigenvalue weighted by atomic mass is 16.5. The summed E-state index contributed by atoms with van der Waals surface area (Å²) in [5, 5.41) is 16.4. The zero-order chi connectivity index (χ0) is 25.1. The Hall–Kier alpha value is -4.61. The summed E-state index contributed by atoms with van der Waals surface area (Å²) >= 11 is 0. The van der Waals surface area contributed by atoms with E-state index in [1.165, 1.54) is 12.1 Å². The first-order valence-electron chi connectivity index (χ1n) is 10.2. The summed E-state index contributed by atoms with van der Waals surface area (Å²) in [6, 6.07) is 11.1. The maximum absolute atomic E-state index is 12.5. The Morgan fingerprint density at radius 1 is 1.09 bits per heavy atom. The second-order valence-corrected chi connectivity index (χ2v) is 6.93. The third-order valence-electron chi connectivity index (χ3n) is 4.24. The van der Waals surface area contributed by atoms with Crippen molar-refractivity contribution in [1.82, 2.24) is 10.6 Å². The van der Waals surface area contributed by atoms with Crippen LogP contribution in [0.1, 0.15) is 23.7 Å². The Balaban J connectivity index is 1.96. The minimum absolute atomic E-state index is 0.176. The molecule has 0 aromatic heterocycles. The predicted molar refractivity (Wildman–Crippen MR) is 125 cm³/mol. The standard InChI is InChI=1S/C22H26N6O6/c1-2-34-16-8-6-14(7-9-16)26-21(33)17(11-19(30)31)28-18(29)12-25-20(32)13-4-3-5-15(10-13)27-22(23)24/h3-10,17H,2,11-12H2,1H3,(H,25,32)(H,26,33)(H,28,29)(H,30,31)(H4,23,24,27)/t17-/m0/s1. The number of carbonyl (C=O) groups excluding carboxylic acids is 3. The number of benzene rings is 2. The predicted octanol–water partition coefficient (Wildman–Crippen LogP) is 0.318. The van der Waals surface area contributed by atoms with Crippen LogP contribution in [-0.2, 0) is 14.4 Å². The molecule has 0 saturated carbocycles. The zero-order valence-corrected chi connectivity index (χ0v) is 18.4. The number of hydrogen-bond donors (Lipinski definition) is 6. The quantitative estimate of drug-likeness (QED) is 0.199. The number of nitrogens with two attached hydrogens (primary N) is 2. The molecule has 0 saturated heterocycles. The van der Waals surface area contributed by atoms with Crippen LogP contribution >= 0.6 is 0 Å². The molecule has 2 aromatic rings. The zero-order valence-electron chi connectivity index (χ0n) is 18.4. The summed E-state index contributed by atoms with van der Waals surface area (Å²) in [5.74, 6) is -2.91. The van der Waals surface area contributed by atoms with Gasteiger partial charge in [0.15, 0.2) is 5.96 Å². The number of aliphatic carboxylic acids is 1. The number of nitrogens with one attached hydrogen (secondary N) is 3. The molecule has 0 spiro atoms. The van der Waals surface area contributed by atoms with E-state index in [4.69, 9.17) is 21.3 Å². The monoisotopic (exact) mass is 470 g/mol. The summed E-state index contributed by atoms with van der Waals surface area (Å²) in [6.45, 7) is 1.83. The summed E-state index contributed by atoms with van der Waals surface area (Å²) in [4.78, 5) is 52.2. The van der Waals surface area contributed by atoms with Crippen LogP contribution in [0, 0.1) is 0 Å². The summed E-state index contributed by atoms with van der Waals surface area (Å²) < 4.78 is 5.32. The second-order valence-electron chi connectivity index (χ2n) is 6.93. The van der Waals surface area contributed by atoms with Crippen molar-refractivity contribution in [1.29, 1.82) is 0 Å². The van der Waals surface area contributed by atoms with Gasteiger partial charge in [-0.1, -0.05) is 6.07 Å². The van der Waals surface area contributed by atoms with Crippen molar-refractivity contribution in [2.75, 3.05) is 18.5 Å². The molecule has 8 N–H and O–H groups in total. The van der Waals surface area contributed by atoms with E-state index in [0.717, 1.165) is 0 Å². The van der Waals surface area contributed by atoms with Crippen LogP contribution in [0.4, 0.5) is 11.4 Å². The molecule has 1 atom stereocenters. The fraction of sp³-hybridized carbons (Fsp3) is 0.227. The normalized spacial score (nSPS) is 11.0. The smallest absolute Gasteiger partial charge is 0.305 e. The van der Waals surface area contributed by atoms with Gasteiger partial charge in [0, 0.05) is 11.3 Å². The van der Waals surface area contributed by atoms with Gasteiger partial charge in [-0.05, 0) is 49.4 Å². The Morgan fingerprint density at radius 3 is 2.41 bits per heavy atom. The van der Waals surface area contributed by atoms with Crippen LogP contribution in [0.25, 0.3) is 0 Å². The van der Waals surface area contributed by atoms with Gasteiger partial charge >= 0.3 is 5.97 Å². The van der Waals surface area contributed by atoms with Gasteiger partial charge in [-0.3, -0.25) is 19.2 Å². The van der Waals surface area contributed by atoms with Gasteiger partial charge in [-0.15, -0.1) is 0 Å². The molecule has 0 aliphatic carbocycles. The SMILES string of the molecule is CCOc1ccc(NC(=O)[C@H](CC(=O)O)NC(=O)CNC(=O)c2cccc(N=C(N)N)c2)cc1. The van der Waals surface area contributed by atoms with Gasteiger partial charge in [0.05, 0.1) is 25.3 Å². The molecule has 2 rings (SSSR count). The number of rotatable bonds is 11. The van der Waals surface area contributed by atoms with Crippen molar-refractivity contribution in [2.24, 2.45) is 16.5 Å². The Kier molecular flexibility index (Phi) is 9.38. The molecule has 0 fully saturated rings. The lowest BCUT2D eigenvalue weighted by molar-refractivity contribution is -0.139. The Bertz CT molecular complexity index is 1070. The van der Waals surface area contributed by atoms with Crippen molar-refractivity contribution < 1.29 is 29.0 Å². The summed E-state index contributed by atoms with van der Waals surface area (Å²) in [6.07, 6.45) is -0.650. The van der Waals surface area contributed by atoms with E-state index in [2.05, 4.69) is 20.9 Å². The molecule has 34 heavy (non-hydrogen) atoms. The lowest BCUT2D eigenvalue weighted by Gasteiger charge is -2.17. The van der Waals surface area contributed by atoms with Crippen molar-refractivity contribution in [3.8, 4) is 5.75 Å². The highest BCUT2D eigenvalue weighted by Gasteiger charge is 2.24. The van der Waals surface area contributed by atoms with Gasteiger partial charge in [0.2, 0.25) is 11.8 Å². The van der Waals surface area contributed by atoms with Crippen molar-refractivity contribution >= 4 is 41.0 Å². The number of nitrogens with zero attached hydrogens (tertiary/aromatic N) is 1. The first kappa shape index (κ1) is 25.6. The fourth-order valence-electron chi connectivity index (χ4n) is 2.79. The first-order valence-corrected chi connectivity index (χ1v) is 10.2. The van der Waals surface area contributed by atoms with Crippen LogP contribution in [-0.4, -0.2) is 54.0 Å². The van der Waals surface area contributed by atoms with Crippen LogP contribution in [0.5, 0.6) is 5.75 Å². The number of amides is 3. The highest BCUT2D eigenvalue weighted by molar-refractivity contribution is 6.00. The number of carboxylic acids is 1. The number of carboxylic acid groups (broad SMARTS) is 1. The number of carbonyl (C=O) groups is 4. The number of aliphatic imine (C=N–C) groups is 1. The van der Waals surface area contributed by atoms with E-state index in [1.54, 1.807) is 36.4 Å². The topological polar surface area (TPSA) is 198 Å². The Labute approximate surface area is 195 Å². The average Bonchev–Trinajstić information content (AvgIpc) is 2.78. The lowest BCUT2D eigenvalue weighted by Crippen LogP contribution is -2.48. The minimum atomic E-state index is -1.36. The third kappa shape index (κ3) is 8.49. The second kappa shape index (κ2) is 12.4. The van der Waals surface area contributed by atoms with E-state index >= 15 is 0 Å². The van der Waals surface area contributed by atoms with Crippen molar-refractivity contribution in [3.63, 3.8) is 0 Å². The van der Waals surface area contributed by atoms with E-state index in [-0.39, 0.29) is 11.5 Å². The van der Waals surface area contributed by atoms with Crippen molar-refractivity contribution in [2.45, 2.75) is 19.4 Å². The molecule has 2 aromatic carbocycles. The molecule has 0 bridgehead atoms. The van der Waals surface area contributed by atoms with Gasteiger partial charge < -0.3 is 37.3 Å². The van der Waals surface area contributed by atoms with Gasteiger partial charge in [0.25, 0.3) is 5.91 Å². The first-order chi connectivity index (χ1) is 16.2. The molecule has 0 aliphatic heterocycles. The highest BCUT2D eigenvalue weighted by Crippen LogP contribution is 2.16. The molecule has 0 unspecified atom stereocenters. The van der Waals surface area contributed by atoms with E-state index < -0.39 is 42.7 Å². The molecule has 12 nitrogen and oxygen atoms in total. The number of ether oxygens (including phenoxy) is 1. The van der Waals surface area contributed by atoms with Crippen LogP contribution < -0.4 is 32.2 Å². The van der Waals surface area contributed by atoms with Gasteiger partial charge in [0.1, 0.15) is 11.8 Å². The maximum atomic E-state index is 12.5. The number of hydrogen-bond acceptors (Lipinski definition) is 6. The molecule has 180 valence electrons. The Morgan fingerprint density at radius 2 is 1.79 bits per heavy atom. The van der Waals surface area contributed by atoms with E-state index in [9.17, 15) is 19.2 Å². The fourth-order valence-corrected chi connectivity index (χ4v) is 2.79. The molecular formula is C22H26N6O6. The molecular weight excluding hydrogens is 444 g/mol. The minimum Gasteiger partial charge on any atom is -0.494 e. The number of guanidine groups is 1. The van der Waals surface area contributed by atoms with Gasteiger partial charge in [-0.2, -0.15) is 0 Å². The molecule has 3 amide bonds. The molecule has 0 aliphatic rings. The molecule has 0 heterocycles. The molecule has 0 radical (unpaired) electrons. The average molecular weight is 470 g/mol. The lowest BCUT2D eigenvalue weighted by atomic mass is 10.1.